The Morgan fingerprint density at radius 3 is 2.65 bits per heavy atom. The van der Waals surface area contributed by atoms with Gasteiger partial charge in [0.1, 0.15) is 5.75 Å². The van der Waals surface area contributed by atoms with Crippen molar-refractivity contribution >= 4 is 17.3 Å². The molecule has 0 bridgehead atoms. The van der Waals surface area contributed by atoms with Crippen molar-refractivity contribution in [3.63, 3.8) is 0 Å². The Kier molecular flexibility index (Phi) is 4.60. The molecule has 104 valence electrons. The zero-order valence-corrected chi connectivity index (χ0v) is 11.4. The van der Waals surface area contributed by atoms with E-state index in [1.807, 2.05) is 30.3 Å². The van der Waals surface area contributed by atoms with Crippen LogP contribution in [0.1, 0.15) is 12.0 Å². The molecule has 4 nitrogen and oxygen atoms in total. The number of rotatable bonds is 5. The van der Waals surface area contributed by atoms with Crippen molar-refractivity contribution < 1.29 is 9.53 Å². The molecule has 0 saturated heterocycles. The third-order valence-corrected chi connectivity index (χ3v) is 3.02. The molecule has 0 spiro atoms. The molecule has 0 saturated carbocycles. The molecule has 2 aromatic rings. The number of hydrogen-bond donors (Lipinski definition) is 2. The number of carbonyl (C=O) groups is 1. The predicted molar refractivity (Wildman–Crippen MR) is 80.8 cm³/mol. The molecule has 0 aromatic heterocycles. The number of anilines is 2. The molecule has 20 heavy (non-hydrogen) atoms. The summed E-state index contributed by atoms with van der Waals surface area (Å²) in [6.07, 6.45) is 1.12. The number of hydrogen-bond acceptors (Lipinski definition) is 3. The maximum atomic E-state index is 11.9. The zero-order chi connectivity index (χ0) is 14.4. The van der Waals surface area contributed by atoms with E-state index in [9.17, 15) is 4.79 Å². The van der Waals surface area contributed by atoms with E-state index < -0.39 is 0 Å². The number of amides is 1. The summed E-state index contributed by atoms with van der Waals surface area (Å²) in [6, 6.07) is 15.1. The molecule has 0 aliphatic carbocycles. The molecular formula is C16H18N2O2. The fourth-order valence-electron chi connectivity index (χ4n) is 1.89. The van der Waals surface area contributed by atoms with Crippen LogP contribution < -0.4 is 15.8 Å². The summed E-state index contributed by atoms with van der Waals surface area (Å²) in [5, 5.41) is 2.81. The number of ether oxygens (including phenoxy) is 1. The van der Waals surface area contributed by atoms with E-state index in [1.165, 1.54) is 0 Å². The lowest BCUT2D eigenvalue weighted by Crippen LogP contribution is -2.13. The van der Waals surface area contributed by atoms with Gasteiger partial charge in [0.2, 0.25) is 5.91 Å². The third-order valence-electron chi connectivity index (χ3n) is 3.02. The van der Waals surface area contributed by atoms with Gasteiger partial charge < -0.3 is 15.8 Å². The lowest BCUT2D eigenvalue weighted by molar-refractivity contribution is -0.116. The maximum absolute atomic E-state index is 11.9. The van der Waals surface area contributed by atoms with Gasteiger partial charge >= 0.3 is 0 Å². The average Bonchev–Trinajstić information content (AvgIpc) is 2.48. The van der Waals surface area contributed by atoms with Crippen LogP contribution in [0.15, 0.2) is 48.5 Å². The molecule has 3 N–H and O–H groups in total. The quantitative estimate of drug-likeness (QED) is 0.821. The van der Waals surface area contributed by atoms with Crippen molar-refractivity contribution in [1.29, 1.82) is 0 Å². The zero-order valence-electron chi connectivity index (χ0n) is 11.4. The van der Waals surface area contributed by atoms with Crippen LogP contribution in [0.5, 0.6) is 5.75 Å². The number of nitrogen functional groups attached to an aromatic ring is 1. The molecule has 2 aromatic carbocycles. The summed E-state index contributed by atoms with van der Waals surface area (Å²) >= 11 is 0. The first kappa shape index (κ1) is 13.9. The highest BCUT2D eigenvalue weighted by Gasteiger charge is 2.07. The number of nitrogens with two attached hydrogens (primary N) is 1. The highest BCUT2D eigenvalue weighted by Crippen LogP contribution is 2.24. The van der Waals surface area contributed by atoms with E-state index in [-0.39, 0.29) is 5.91 Å². The molecule has 1 amide bonds. The van der Waals surface area contributed by atoms with Crippen LogP contribution in [-0.4, -0.2) is 13.0 Å². The Bertz CT molecular complexity index is 582. The fourth-order valence-corrected chi connectivity index (χ4v) is 1.89. The van der Waals surface area contributed by atoms with Crippen LogP contribution in [0, 0.1) is 0 Å². The van der Waals surface area contributed by atoms with Crippen molar-refractivity contribution in [3.05, 3.63) is 54.1 Å². The Labute approximate surface area is 118 Å². The van der Waals surface area contributed by atoms with Crippen LogP contribution >= 0.6 is 0 Å². The van der Waals surface area contributed by atoms with Gasteiger partial charge in [0.05, 0.1) is 18.5 Å². The van der Waals surface area contributed by atoms with E-state index in [4.69, 9.17) is 10.5 Å². The minimum atomic E-state index is -0.0613. The molecule has 0 fully saturated rings. The topological polar surface area (TPSA) is 64.3 Å². The van der Waals surface area contributed by atoms with E-state index >= 15 is 0 Å². The van der Waals surface area contributed by atoms with E-state index in [0.717, 1.165) is 5.56 Å². The number of nitrogens with one attached hydrogen (secondary N) is 1. The number of aryl methyl sites for hydroxylation is 1. The van der Waals surface area contributed by atoms with E-state index in [1.54, 1.807) is 25.3 Å². The van der Waals surface area contributed by atoms with Crippen LogP contribution in [0.4, 0.5) is 11.4 Å². The summed E-state index contributed by atoms with van der Waals surface area (Å²) < 4.78 is 5.11. The van der Waals surface area contributed by atoms with E-state index in [2.05, 4.69) is 5.32 Å². The SMILES string of the molecule is COc1ccc(N)c(NC(=O)CCc2ccccc2)c1. The minimum absolute atomic E-state index is 0.0613. The molecular weight excluding hydrogens is 252 g/mol. The van der Waals surface area contributed by atoms with Gasteiger partial charge in [-0.25, -0.2) is 0 Å². The first-order valence-corrected chi connectivity index (χ1v) is 6.46. The maximum Gasteiger partial charge on any atom is 0.224 e. The van der Waals surface area contributed by atoms with Gasteiger partial charge in [-0.05, 0) is 24.1 Å². The normalized spacial score (nSPS) is 10.1. The second-order valence-electron chi connectivity index (χ2n) is 4.49. The smallest absolute Gasteiger partial charge is 0.224 e. The Hall–Kier alpha value is -2.49. The molecule has 2 rings (SSSR count). The summed E-state index contributed by atoms with van der Waals surface area (Å²) in [4.78, 5) is 11.9. The lowest BCUT2D eigenvalue weighted by Gasteiger charge is -2.10. The molecule has 0 unspecified atom stereocenters. The largest absolute Gasteiger partial charge is 0.497 e. The molecule has 0 aliphatic rings. The van der Waals surface area contributed by atoms with Crippen LogP contribution in [0.2, 0.25) is 0 Å². The van der Waals surface area contributed by atoms with Gasteiger partial charge in [-0.3, -0.25) is 4.79 Å². The summed E-state index contributed by atoms with van der Waals surface area (Å²) in [5.74, 6) is 0.603. The number of methoxy groups -OCH3 is 1. The molecule has 0 heterocycles. The Morgan fingerprint density at radius 2 is 1.95 bits per heavy atom. The van der Waals surface area contributed by atoms with Gasteiger partial charge in [0.25, 0.3) is 0 Å². The van der Waals surface area contributed by atoms with Crippen molar-refractivity contribution in [2.45, 2.75) is 12.8 Å². The van der Waals surface area contributed by atoms with Crippen molar-refractivity contribution in [2.75, 3.05) is 18.2 Å². The predicted octanol–water partition coefficient (Wildman–Crippen LogP) is 2.85. The second-order valence-corrected chi connectivity index (χ2v) is 4.49. The monoisotopic (exact) mass is 270 g/mol. The van der Waals surface area contributed by atoms with Crippen molar-refractivity contribution in [1.82, 2.24) is 0 Å². The molecule has 0 aliphatic heterocycles. The van der Waals surface area contributed by atoms with Gasteiger partial charge in [0.15, 0.2) is 0 Å². The summed E-state index contributed by atoms with van der Waals surface area (Å²) in [6.45, 7) is 0. The second kappa shape index (κ2) is 6.61. The van der Waals surface area contributed by atoms with Gasteiger partial charge in [0, 0.05) is 12.5 Å². The highest BCUT2D eigenvalue weighted by molar-refractivity contribution is 5.94. The number of carbonyl (C=O) groups excluding carboxylic acids is 1. The standard InChI is InChI=1S/C16H18N2O2/c1-20-13-8-9-14(17)15(11-13)18-16(19)10-7-12-5-3-2-4-6-12/h2-6,8-9,11H,7,10,17H2,1H3,(H,18,19). The van der Waals surface area contributed by atoms with Gasteiger partial charge in [-0.15, -0.1) is 0 Å². The lowest BCUT2D eigenvalue weighted by atomic mass is 10.1. The van der Waals surface area contributed by atoms with Crippen molar-refractivity contribution in [3.8, 4) is 5.75 Å². The Balaban J connectivity index is 1.94. The molecule has 0 atom stereocenters. The third kappa shape index (κ3) is 3.75. The minimum Gasteiger partial charge on any atom is -0.497 e. The van der Waals surface area contributed by atoms with Crippen molar-refractivity contribution in [2.24, 2.45) is 0 Å². The molecule has 0 radical (unpaired) electrons. The van der Waals surface area contributed by atoms with Crippen LogP contribution in [-0.2, 0) is 11.2 Å². The summed E-state index contributed by atoms with van der Waals surface area (Å²) in [7, 11) is 1.58. The molecule has 4 heteroatoms. The number of benzene rings is 2. The highest BCUT2D eigenvalue weighted by atomic mass is 16.5. The first-order valence-electron chi connectivity index (χ1n) is 6.46. The van der Waals surface area contributed by atoms with Gasteiger partial charge in [-0.1, -0.05) is 30.3 Å². The van der Waals surface area contributed by atoms with Crippen LogP contribution in [0.25, 0.3) is 0 Å². The summed E-state index contributed by atoms with van der Waals surface area (Å²) in [5.41, 5.74) is 8.08. The van der Waals surface area contributed by atoms with Gasteiger partial charge in [-0.2, -0.15) is 0 Å². The van der Waals surface area contributed by atoms with Crippen LogP contribution in [0.3, 0.4) is 0 Å². The fraction of sp³-hybridized carbons (Fsp3) is 0.188. The first-order chi connectivity index (χ1) is 9.69. The van der Waals surface area contributed by atoms with E-state index in [0.29, 0.717) is 30.0 Å². The average molecular weight is 270 g/mol. The Morgan fingerprint density at radius 1 is 1.20 bits per heavy atom.